The van der Waals surface area contributed by atoms with E-state index in [9.17, 15) is 14.4 Å². The van der Waals surface area contributed by atoms with Gasteiger partial charge in [0.25, 0.3) is 0 Å². The van der Waals surface area contributed by atoms with E-state index >= 15 is 0 Å². The molecule has 0 aromatic rings. The molecule has 0 N–H and O–H groups in total. The van der Waals surface area contributed by atoms with Crippen LogP contribution >= 0.6 is 0 Å². The predicted octanol–water partition coefficient (Wildman–Crippen LogP) is 3.07. The third-order valence-electron chi connectivity index (χ3n) is 4.48. The van der Waals surface area contributed by atoms with Gasteiger partial charge in [0.1, 0.15) is 17.0 Å². The molecule has 0 spiro atoms. The number of ether oxygens (including phenoxy) is 2. The molecule has 2 aliphatic heterocycles. The first-order valence-corrected chi connectivity index (χ1v) is 9.35. The van der Waals surface area contributed by atoms with Gasteiger partial charge in [0.2, 0.25) is 0 Å². The molecule has 0 bridgehead atoms. The molecule has 0 radical (unpaired) electrons. The molecular formula is C19H32N2O5. The van der Waals surface area contributed by atoms with Gasteiger partial charge in [-0.25, -0.2) is 9.59 Å². The van der Waals surface area contributed by atoms with E-state index in [1.165, 1.54) is 0 Å². The Kier molecular flexibility index (Phi) is 5.88. The van der Waals surface area contributed by atoms with Crippen molar-refractivity contribution in [3.05, 3.63) is 0 Å². The second kappa shape index (κ2) is 7.45. The number of hydrogen-bond acceptors (Lipinski definition) is 5. The fourth-order valence-electron chi connectivity index (χ4n) is 3.30. The van der Waals surface area contributed by atoms with Crippen molar-refractivity contribution >= 4 is 18.0 Å². The van der Waals surface area contributed by atoms with Gasteiger partial charge in [0.15, 0.2) is 0 Å². The summed E-state index contributed by atoms with van der Waals surface area (Å²) in [5, 5.41) is 0. The van der Waals surface area contributed by atoms with Crippen LogP contribution in [0, 0.1) is 11.8 Å². The van der Waals surface area contributed by atoms with Crippen LogP contribution in [0.4, 0.5) is 9.59 Å². The van der Waals surface area contributed by atoms with Crippen LogP contribution in [0.25, 0.3) is 0 Å². The number of Topliss-reactive ketones (excluding diaryl/α,β-unsaturated/α-hetero) is 1. The van der Waals surface area contributed by atoms with Crippen LogP contribution in [0.3, 0.4) is 0 Å². The lowest BCUT2D eigenvalue weighted by Gasteiger charge is -2.25. The molecule has 2 atom stereocenters. The summed E-state index contributed by atoms with van der Waals surface area (Å²) >= 11 is 0. The zero-order chi connectivity index (χ0) is 19.7. The number of amides is 2. The zero-order valence-electron chi connectivity index (χ0n) is 16.8. The number of carbonyl (C=O) groups excluding carboxylic acids is 3. The Hall–Kier alpha value is -1.79. The molecule has 2 heterocycles. The van der Waals surface area contributed by atoms with Crippen LogP contribution in [-0.4, -0.2) is 65.2 Å². The Morgan fingerprint density at radius 2 is 1.08 bits per heavy atom. The highest BCUT2D eigenvalue weighted by atomic mass is 16.6. The topological polar surface area (TPSA) is 76.2 Å². The Balaban J connectivity index is 1.85. The van der Waals surface area contributed by atoms with Gasteiger partial charge in [-0.3, -0.25) is 4.79 Å². The maximum Gasteiger partial charge on any atom is 0.410 e. The number of likely N-dealkylation sites (tertiary alicyclic amines) is 2. The Morgan fingerprint density at radius 3 is 1.38 bits per heavy atom. The molecule has 2 amide bonds. The summed E-state index contributed by atoms with van der Waals surface area (Å²) in [4.78, 5) is 40.3. The van der Waals surface area contributed by atoms with Gasteiger partial charge in [-0.15, -0.1) is 0 Å². The highest BCUT2D eigenvalue weighted by molar-refractivity contribution is 5.86. The summed E-state index contributed by atoms with van der Waals surface area (Å²) < 4.78 is 10.8. The number of nitrogens with zero attached hydrogens (tertiary/aromatic N) is 2. The minimum absolute atomic E-state index is 0.141. The number of hydrogen-bond donors (Lipinski definition) is 0. The summed E-state index contributed by atoms with van der Waals surface area (Å²) in [5.74, 6) is -0.209. The van der Waals surface area contributed by atoms with Gasteiger partial charge in [-0.2, -0.15) is 0 Å². The van der Waals surface area contributed by atoms with Crippen LogP contribution in [0.5, 0.6) is 0 Å². The van der Waals surface area contributed by atoms with E-state index in [-0.39, 0.29) is 29.8 Å². The van der Waals surface area contributed by atoms with Crippen molar-refractivity contribution in [2.45, 2.75) is 65.6 Å². The molecule has 7 heteroatoms. The molecule has 2 aliphatic rings. The molecule has 2 unspecified atom stereocenters. The first-order valence-electron chi connectivity index (χ1n) is 9.35. The molecular weight excluding hydrogens is 336 g/mol. The van der Waals surface area contributed by atoms with E-state index in [0.717, 1.165) is 0 Å². The maximum absolute atomic E-state index is 12.8. The smallest absolute Gasteiger partial charge is 0.410 e. The van der Waals surface area contributed by atoms with Gasteiger partial charge in [0, 0.05) is 38.0 Å². The monoisotopic (exact) mass is 368 g/mol. The first-order chi connectivity index (χ1) is 11.9. The molecule has 2 saturated heterocycles. The summed E-state index contributed by atoms with van der Waals surface area (Å²) in [5.41, 5.74) is -1.09. The van der Waals surface area contributed by atoms with Crippen molar-refractivity contribution in [2.75, 3.05) is 26.2 Å². The lowest BCUT2D eigenvalue weighted by atomic mass is 9.91. The molecule has 0 aliphatic carbocycles. The van der Waals surface area contributed by atoms with Crippen LogP contribution in [-0.2, 0) is 14.3 Å². The van der Waals surface area contributed by atoms with Crippen LogP contribution < -0.4 is 0 Å². The second-order valence-corrected chi connectivity index (χ2v) is 9.23. The van der Waals surface area contributed by atoms with Crippen molar-refractivity contribution in [2.24, 2.45) is 11.8 Å². The molecule has 0 saturated carbocycles. The molecule has 0 aromatic heterocycles. The fourth-order valence-corrected chi connectivity index (χ4v) is 3.30. The number of rotatable bonds is 2. The lowest BCUT2D eigenvalue weighted by molar-refractivity contribution is -0.126. The van der Waals surface area contributed by atoms with Gasteiger partial charge in [-0.1, -0.05) is 0 Å². The highest BCUT2D eigenvalue weighted by Gasteiger charge is 2.40. The van der Waals surface area contributed by atoms with Crippen molar-refractivity contribution in [3.8, 4) is 0 Å². The van der Waals surface area contributed by atoms with E-state index in [1.807, 2.05) is 41.5 Å². The van der Waals surface area contributed by atoms with Crippen molar-refractivity contribution < 1.29 is 23.9 Å². The van der Waals surface area contributed by atoms with Gasteiger partial charge in [-0.05, 0) is 54.4 Å². The predicted molar refractivity (Wildman–Crippen MR) is 96.8 cm³/mol. The van der Waals surface area contributed by atoms with Crippen LogP contribution in [0.2, 0.25) is 0 Å². The molecule has 7 nitrogen and oxygen atoms in total. The van der Waals surface area contributed by atoms with Gasteiger partial charge < -0.3 is 19.3 Å². The summed E-state index contributed by atoms with van der Waals surface area (Å²) in [6.45, 7) is 12.8. The number of carbonyl (C=O) groups is 3. The summed E-state index contributed by atoms with van der Waals surface area (Å²) in [7, 11) is 0. The molecule has 2 fully saturated rings. The summed E-state index contributed by atoms with van der Waals surface area (Å²) in [6.07, 6.45) is 0.575. The minimum atomic E-state index is -0.543. The van der Waals surface area contributed by atoms with E-state index in [4.69, 9.17) is 9.47 Å². The second-order valence-electron chi connectivity index (χ2n) is 9.23. The molecule has 0 aromatic carbocycles. The van der Waals surface area contributed by atoms with E-state index in [1.54, 1.807) is 9.80 Å². The Bertz CT molecular complexity index is 513. The zero-order valence-corrected chi connectivity index (χ0v) is 16.8. The highest BCUT2D eigenvalue weighted by Crippen LogP contribution is 2.27. The fraction of sp³-hybridized carbons (Fsp3) is 0.842. The van der Waals surface area contributed by atoms with Gasteiger partial charge >= 0.3 is 12.2 Å². The normalized spacial score (nSPS) is 23.9. The average Bonchev–Trinajstić information content (AvgIpc) is 3.13. The van der Waals surface area contributed by atoms with E-state index < -0.39 is 11.2 Å². The largest absolute Gasteiger partial charge is 0.444 e. The first kappa shape index (κ1) is 20.5. The molecule has 26 heavy (non-hydrogen) atoms. The maximum atomic E-state index is 12.8. The average molecular weight is 368 g/mol. The van der Waals surface area contributed by atoms with Crippen LogP contribution in [0.1, 0.15) is 54.4 Å². The SMILES string of the molecule is CC(C)(C)OC(=O)N1CCC(C(=O)C2CCN(C(=O)OC(C)(C)C)C2)C1. The van der Waals surface area contributed by atoms with Crippen molar-refractivity contribution in [1.29, 1.82) is 0 Å². The third kappa shape index (κ3) is 5.61. The third-order valence-corrected chi connectivity index (χ3v) is 4.48. The summed E-state index contributed by atoms with van der Waals surface area (Å²) in [6, 6.07) is 0. The van der Waals surface area contributed by atoms with Crippen molar-refractivity contribution in [1.82, 2.24) is 9.80 Å². The molecule has 148 valence electrons. The lowest BCUT2D eigenvalue weighted by Crippen LogP contribution is -2.37. The minimum Gasteiger partial charge on any atom is -0.444 e. The number of ketones is 1. The Morgan fingerprint density at radius 1 is 0.731 bits per heavy atom. The van der Waals surface area contributed by atoms with Gasteiger partial charge in [0.05, 0.1) is 0 Å². The van der Waals surface area contributed by atoms with Crippen molar-refractivity contribution in [3.63, 3.8) is 0 Å². The quantitative estimate of drug-likeness (QED) is 0.749. The Labute approximate surface area is 156 Å². The molecule has 2 rings (SSSR count). The standard InChI is InChI=1S/C19H32N2O5/c1-18(2,3)25-16(23)20-9-7-13(11-20)15(22)14-8-10-21(12-14)17(24)26-19(4,5)6/h13-14H,7-12H2,1-6H3. The van der Waals surface area contributed by atoms with E-state index in [2.05, 4.69) is 0 Å². The van der Waals surface area contributed by atoms with Crippen LogP contribution in [0.15, 0.2) is 0 Å². The van der Waals surface area contributed by atoms with E-state index in [0.29, 0.717) is 39.0 Å².